The summed E-state index contributed by atoms with van der Waals surface area (Å²) >= 11 is 0. The molecule has 2 amide bonds. The standard InChI is InChI=1S/C31H31N5O6/c37-18-21(17-20-9-2-1-3-10-20)36-27-29(39)34(19-35-23-12-5-4-11-22(23)32-33-35)15-8-14-31(27)26(28(36)38)25-24(42-31)13-6-7-16-41-30(25)40/h1-6,8-14,21,24-27,37H,7,15-19H2/t21-,24+,25-,26+,27?,31+/m1/s1. The number of hydrogen-bond donors (Lipinski definition) is 1. The fourth-order valence-corrected chi connectivity index (χ4v) is 6.93. The molecule has 4 aliphatic heterocycles. The molecule has 0 saturated carbocycles. The summed E-state index contributed by atoms with van der Waals surface area (Å²) in [6, 6.07) is 15.2. The Hall–Kier alpha value is -4.35. The van der Waals surface area contributed by atoms with E-state index in [2.05, 4.69) is 10.3 Å². The van der Waals surface area contributed by atoms with Gasteiger partial charge < -0.3 is 24.4 Å². The number of aliphatic hydroxyl groups is 1. The van der Waals surface area contributed by atoms with Gasteiger partial charge >= 0.3 is 5.97 Å². The maximum atomic E-state index is 14.6. The van der Waals surface area contributed by atoms with Crippen molar-refractivity contribution in [2.45, 2.75) is 43.3 Å². The molecule has 2 saturated heterocycles. The molecule has 11 heteroatoms. The van der Waals surface area contributed by atoms with Gasteiger partial charge in [-0.1, -0.05) is 72.0 Å². The molecule has 6 atom stereocenters. The third-order valence-corrected chi connectivity index (χ3v) is 8.79. The Kier molecular flexibility index (Phi) is 6.63. The molecule has 0 bridgehead atoms. The zero-order valence-corrected chi connectivity index (χ0v) is 22.9. The summed E-state index contributed by atoms with van der Waals surface area (Å²) in [5, 5.41) is 19.1. The summed E-state index contributed by atoms with van der Waals surface area (Å²) in [6.45, 7) is 0.173. The summed E-state index contributed by atoms with van der Waals surface area (Å²) in [5.41, 5.74) is 0.963. The molecule has 2 aromatic carbocycles. The molecule has 0 radical (unpaired) electrons. The maximum absolute atomic E-state index is 14.6. The largest absolute Gasteiger partial charge is 0.465 e. The second-order valence-electron chi connectivity index (χ2n) is 11.2. The number of cyclic esters (lactones) is 1. The fraction of sp³-hybridized carbons (Fsp3) is 0.387. The fourth-order valence-electron chi connectivity index (χ4n) is 6.93. The SMILES string of the molecule is O=C1OCCC=C[C@@H]2O[C@]34C=CCN(Cn5nnc6ccccc65)C(=O)C3N([C@@H](CO)Cc3ccccc3)C(=O)[C@@H]4[C@H]12. The average Bonchev–Trinajstić information content (AvgIpc) is 3.59. The van der Waals surface area contributed by atoms with Crippen molar-refractivity contribution < 1.29 is 29.0 Å². The highest BCUT2D eigenvalue weighted by Gasteiger charge is 2.72. The maximum Gasteiger partial charge on any atom is 0.312 e. The van der Waals surface area contributed by atoms with Crippen LogP contribution in [0.2, 0.25) is 0 Å². The molecular formula is C31H31N5O6. The van der Waals surface area contributed by atoms with Crippen molar-refractivity contribution in [1.29, 1.82) is 0 Å². The van der Waals surface area contributed by atoms with Gasteiger partial charge in [-0.3, -0.25) is 14.4 Å². The number of aliphatic hydroxyl groups excluding tert-OH is 1. The first-order valence-corrected chi connectivity index (χ1v) is 14.2. The molecule has 11 nitrogen and oxygen atoms in total. The Balaban J connectivity index is 1.31. The van der Waals surface area contributed by atoms with E-state index < -0.39 is 47.5 Å². The number of rotatable bonds is 6. The summed E-state index contributed by atoms with van der Waals surface area (Å²) in [6.07, 6.45) is 7.43. The smallest absolute Gasteiger partial charge is 0.312 e. The van der Waals surface area contributed by atoms with Gasteiger partial charge in [0.05, 0.1) is 36.8 Å². The lowest BCUT2D eigenvalue weighted by molar-refractivity contribution is -0.156. The van der Waals surface area contributed by atoms with Crippen molar-refractivity contribution in [1.82, 2.24) is 24.8 Å². The first-order valence-electron chi connectivity index (χ1n) is 14.2. The van der Waals surface area contributed by atoms with Crippen molar-refractivity contribution >= 4 is 28.8 Å². The van der Waals surface area contributed by atoms with Crippen LogP contribution in [0.5, 0.6) is 0 Å². The number of aromatic nitrogens is 3. The number of fused-ring (bicyclic) bond motifs is 3. The van der Waals surface area contributed by atoms with Crippen LogP contribution in [0.3, 0.4) is 0 Å². The number of nitrogens with zero attached hydrogens (tertiary/aromatic N) is 5. The Morgan fingerprint density at radius 2 is 1.83 bits per heavy atom. The van der Waals surface area contributed by atoms with Crippen LogP contribution < -0.4 is 0 Å². The van der Waals surface area contributed by atoms with E-state index in [1.54, 1.807) is 15.7 Å². The lowest BCUT2D eigenvalue weighted by Gasteiger charge is -2.38. The van der Waals surface area contributed by atoms with Crippen molar-refractivity contribution in [3.8, 4) is 0 Å². The van der Waals surface area contributed by atoms with Crippen molar-refractivity contribution in [3.05, 3.63) is 84.5 Å². The van der Waals surface area contributed by atoms with Crippen LogP contribution in [0.25, 0.3) is 11.0 Å². The Bertz CT molecular complexity index is 1590. The normalized spacial score (nSPS) is 29.5. The number of carbonyl (C=O) groups excluding carboxylic acids is 3. The van der Waals surface area contributed by atoms with Gasteiger partial charge in [0, 0.05) is 6.54 Å². The van der Waals surface area contributed by atoms with E-state index in [1.807, 2.05) is 72.8 Å². The van der Waals surface area contributed by atoms with Crippen LogP contribution >= 0.6 is 0 Å². The molecule has 1 N–H and O–H groups in total. The third-order valence-electron chi connectivity index (χ3n) is 8.79. The van der Waals surface area contributed by atoms with Crippen molar-refractivity contribution in [2.75, 3.05) is 19.8 Å². The summed E-state index contributed by atoms with van der Waals surface area (Å²) in [5.74, 6) is -3.17. The predicted molar refractivity (Wildman–Crippen MR) is 149 cm³/mol. The highest BCUT2D eigenvalue weighted by molar-refractivity contribution is 5.99. The summed E-state index contributed by atoms with van der Waals surface area (Å²) in [7, 11) is 0. The van der Waals surface area contributed by atoms with Crippen LogP contribution in [0.15, 0.2) is 78.9 Å². The van der Waals surface area contributed by atoms with E-state index in [0.717, 1.165) is 11.1 Å². The number of ether oxygens (including phenoxy) is 2. The van der Waals surface area contributed by atoms with Gasteiger partial charge in [0.25, 0.3) is 5.91 Å². The van der Waals surface area contributed by atoms with E-state index in [-0.39, 0.29) is 32.3 Å². The lowest BCUT2D eigenvalue weighted by atomic mass is 9.77. The van der Waals surface area contributed by atoms with E-state index in [9.17, 15) is 19.5 Å². The Labute approximate surface area is 242 Å². The van der Waals surface area contributed by atoms with Crippen LogP contribution in [-0.4, -0.2) is 91.2 Å². The van der Waals surface area contributed by atoms with Crippen molar-refractivity contribution in [2.24, 2.45) is 11.8 Å². The molecule has 1 unspecified atom stereocenters. The van der Waals surface area contributed by atoms with E-state index in [4.69, 9.17) is 9.47 Å². The van der Waals surface area contributed by atoms with Crippen LogP contribution in [0.1, 0.15) is 12.0 Å². The zero-order valence-electron chi connectivity index (χ0n) is 22.9. The second-order valence-corrected chi connectivity index (χ2v) is 11.2. The monoisotopic (exact) mass is 569 g/mol. The van der Waals surface area contributed by atoms with E-state index >= 15 is 0 Å². The van der Waals surface area contributed by atoms with Crippen LogP contribution in [-0.2, 0) is 36.9 Å². The predicted octanol–water partition coefficient (Wildman–Crippen LogP) is 1.47. The third kappa shape index (κ3) is 4.14. The molecule has 4 aliphatic rings. The van der Waals surface area contributed by atoms with E-state index in [1.165, 1.54) is 4.90 Å². The number of carbonyl (C=O) groups is 3. The van der Waals surface area contributed by atoms with Gasteiger partial charge in [-0.2, -0.15) is 0 Å². The molecular weight excluding hydrogens is 538 g/mol. The number of amides is 2. The molecule has 42 heavy (non-hydrogen) atoms. The molecule has 2 fully saturated rings. The van der Waals surface area contributed by atoms with Gasteiger partial charge in [0.15, 0.2) is 0 Å². The first-order chi connectivity index (χ1) is 20.5. The van der Waals surface area contributed by atoms with Crippen LogP contribution in [0, 0.1) is 11.8 Å². The van der Waals surface area contributed by atoms with Crippen molar-refractivity contribution in [3.63, 3.8) is 0 Å². The highest BCUT2D eigenvalue weighted by Crippen LogP contribution is 2.53. The highest BCUT2D eigenvalue weighted by atomic mass is 16.6. The molecule has 5 heterocycles. The molecule has 1 aromatic heterocycles. The number of hydrogen-bond acceptors (Lipinski definition) is 8. The Morgan fingerprint density at radius 1 is 1.02 bits per heavy atom. The number of para-hydroxylation sites is 1. The van der Waals surface area contributed by atoms with Crippen LogP contribution in [0.4, 0.5) is 0 Å². The topological polar surface area (TPSA) is 127 Å². The lowest BCUT2D eigenvalue weighted by Crippen LogP contribution is -2.58. The van der Waals surface area contributed by atoms with Gasteiger partial charge in [0.2, 0.25) is 5.91 Å². The molecule has 0 aliphatic carbocycles. The number of likely N-dealkylation sites (tertiary alicyclic amines) is 1. The quantitative estimate of drug-likeness (QED) is 0.349. The minimum atomic E-state index is -1.42. The minimum absolute atomic E-state index is 0.0975. The molecule has 1 spiro atoms. The minimum Gasteiger partial charge on any atom is -0.465 e. The van der Waals surface area contributed by atoms with Gasteiger partial charge in [0.1, 0.15) is 29.7 Å². The molecule has 7 rings (SSSR count). The Morgan fingerprint density at radius 3 is 2.67 bits per heavy atom. The summed E-state index contributed by atoms with van der Waals surface area (Å²) in [4.78, 5) is 45.5. The average molecular weight is 570 g/mol. The van der Waals surface area contributed by atoms with Gasteiger partial charge in [-0.15, -0.1) is 5.10 Å². The van der Waals surface area contributed by atoms with E-state index in [0.29, 0.717) is 18.4 Å². The molecule has 216 valence electrons. The second kappa shape index (κ2) is 10.5. The zero-order chi connectivity index (χ0) is 28.8. The first kappa shape index (κ1) is 26.5. The van der Waals surface area contributed by atoms with Gasteiger partial charge in [-0.25, -0.2) is 4.68 Å². The number of benzene rings is 2. The van der Waals surface area contributed by atoms with Gasteiger partial charge in [-0.05, 0) is 30.5 Å². The number of esters is 1. The summed E-state index contributed by atoms with van der Waals surface area (Å²) < 4.78 is 13.8. The molecule has 3 aromatic rings.